The van der Waals surface area contributed by atoms with Crippen molar-refractivity contribution in [1.29, 1.82) is 5.26 Å². The van der Waals surface area contributed by atoms with Crippen molar-refractivity contribution in [2.45, 2.75) is 45.3 Å². The number of carbonyl (C=O) groups is 1. The van der Waals surface area contributed by atoms with Gasteiger partial charge in [0.25, 0.3) is 0 Å². The molecule has 10 heteroatoms. The highest BCUT2D eigenvalue weighted by molar-refractivity contribution is 7.80. The Morgan fingerprint density at radius 2 is 1.79 bits per heavy atom. The van der Waals surface area contributed by atoms with Gasteiger partial charge in [-0.15, -0.1) is 0 Å². The molecule has 222 valence electrons. The summed E-state index contributed by atoms with van der Waals surface area (Å²) in [5, 5.41) is 17.1. The van der Waals surface area contributed by atoms with E-state index in [1.165, 1.54) is 5.56 Å². The molecule has 3 aromatic carbocycles. The van der Waals surface area contributed by atoms with Gasteiger partial charge in [0.1, 0.15) is 0 Å². The van der Waals surface area contributed by atoms with Crippen molar-refractivity contribution < 1.29 is 4.79 Å². The molecule has 0 bridgehead atoms. The lowest BCUT2D eigenvalue weighted by molar-refractivity contribution is -0.122. The van der Waals surface area contributed by atoms with Gasteiger partial charge in [0.15, 0.2) is 5.11 Å². The number of nitrogens with zero attached hydrogens (tertiary/aromatic N) is 4. The molecule has 4 rings (SSSR count). The maximum atomic E-state index is 13.3. The summed E-state index contributed by atoms with van der Waals surface area (Å²) < 4.78 is 1.94. The highest BCUT2D eigenvalue weighted by Gasteiger charge is 2.26. The van der Waals surface area contributed by atoms with Gasteiger partial charge in [0, 0.05) is 38.1 Å². The number of aromatic nitrogens is 2. The minimum atomic E-state index is -0.634. The molecular formula is C33H34Cl2N6OS. The summed E-state index contributed by atoms with van der Waals surface area (Å²) in [5.41, 5.74) is 3.84. The van der Waals surface area contributed by atoms with Crippen molar-refractivity contribution in [2.75, 3.05) is 13.1 Å². The van der Waals surface area contributed by atoms with Gasteiger partial charge in [-0.25, -0.2) is 4.98 Å². The van der Waals surface area contributed by atoms with Crippen LogP contribution >= 0.6 is 35.4 Å². The number of amides is 1. The number of hydrogen-bond donors (Lipinski definition) is 2. The molecule has 7 nitrogen and oxygen atoms in total. The van der Waals surface area contributed by atoms with E-state index in [0.29, 0.717) is 46.9 Å². The quantitative estimate of drug-likeness (QED) is 0.182. The number of carbonyl (C=O) groups excluding carboxylic acids is 1. The maximum absolute atomic E-state index is 13.3. The van der Waals surface area contributed by atoms with Crippen LogP contribution in [0.15, 0.2) is 85.3 Å². The van der Waals surface area contributed by atoms with E-state index in [0.717, 1.165) is 23.2 Å². The van der Waals surface area contributed by atoms with Crippen LogP contribution < -0.4 is 10.6 Å². The van der Waals surface area contributed by atoms with E-state index in [1.54, 1.807) is 30.7 Å². The van der Waals surface area contributed by atoms with Crippen LogP contribution in [-0.4, -0.2) is 44.1 Å². The second-order valence-corrected chi connectivity index (χ2v) is 12.1. The summed E-state index contributed by atoms with van der Waals surface area (Å²) in [5.74, 6) is -0.129. The summed E-state index contributed by atoms with van der Waals surface area (Å²) in [6.45, 7) is 6.01. The van der Waals surface area contributed by atoms with Crippen molar-refractivity contribution in [1.82, 2.24) is 25.1 Å². The smallest absolute Gasteiger partial charge is 0.226 e. The van der Waals surface area contributed by atoms with Gasteiger partial charge >= 0.3 is 0 Å². The highest BCUT2D eigenvalue weighted by Crippen LogP contribution is 2.27. The van der Waals surface area contributed by atoms with Crippen molar-refractivity contribution in [3.63, 3.8) is 0 Å². The summed E-state index contributed by atoms with van der Waals surface area (Å²) in [6.07, 6.45) is 4.40. The van der Waals surface area contributed by atoms with Gasteiger partial charge in [-0.3, -0.25) is 4.79 Å². The number of benzene rings is 3. The molecule has 0 atom stereocenters. The van der Waals surface area contributed by atoms with E-state index in [9.17, 15) is 4.79 Å². The van der Waals surface area contributed by atoms with Gasteiger partial charge in [-0.2, -0.15) is 5.26 Å². The molecule has 1 amide bonds. The van der Waals surface area contributed by atoms with Crippen molar-refractivity contribution in [3.05, 3.63) is 123 Å². The van der Waals surface area contributed by atoms with Gasteiger partial charge in [-0.05, 0) is 67.4 Å². The number of thiocarbonyl (C=S) groups is 1. The van der Waals surface area contributed by atoms with E-state index in [1.807, 2.05) is 65.8 Å². The summed E-state index contributed by atoms with van der Waals surface area (Å²) in [4.78, 5) is 19.5. The van der Waals surface area contributed by atoms with E-state index in [-0.39, 0.29) is 12.3 Å². The van der Waals surface area contributed by atoms with Crippen molar-refractivity contribution in [3.8, 4) is 6.07 Å². The molecule has 1 heterocycles. The Morgan fingerprint density at radius 3 is 2.51 bits per heavy atom. The molecule has 0 spiro atoms. The van der Waals surface area contributed by atoms with Crippen molar-refractivity contribution in [2.24, 2.45) is 0 Å². The van der Waals surface area contributed by atoms with Crippen LogP contribution in [0.1, 0.15) is 41.8 Å². The lowest BCUT2D eigenvalue weighted by Gasteiger charge is -2.35. The fourth-order valence-corrected chi connectivity index (χ4v) is 5.38. The summed E-state index contributed by atoms with van der Waals surface area (Å²) in [6, 6.07) is 25.3. The molecule has 0 saturated carbocycles. The zero-order chi connectivity index (χ0) is 30.8. The first-order chi connectivity index (χ1) is 20.6. The topological polar surface area (TPSA) is 86.0 Å². The predicted octanol–water partition coefficient (Wildman–Crippen LogP) is 6.17. The van der Waals surface area contributed by atoms with Gasteiger partial charge in [-0.1, -0.05) is 77.8 Å². The fraction of sp³-hybridized carbons (Fsp3) is 0.273. The predicted molar refractivity (Wildman–Crippen MR) is 176 cm³/mol. The van der Waals surface area contributed by atoms with Crippen molar-refractivity contribution >= 4 is 46.4 Å². The first-order valence-corrected chi connectivity index (χ1v) is 15.1. The molecule has 2 N–H and O–H groups in total. The normalized spacial score (nSPS) is 11.0. The molecule has 4 aromatic rings. The summed E-state index contributed by atoms with van der Waals surface area (Å²) in [7, 11) is 0. The number of nitrogens with one attached hydrogen (secondary N) is 2. The largest absolute Gasteiger partial charge is 0.362 e. The van der Waals surface area contributed by atoms with Crippen LogP contribution in [-0.2, 0) is 30.7 Å². The molecule has 0 aliphatic heterocycles. The van der Waals surface area contributed by atoms with Gasteiger partial charge in [0.05, 0.1) is 40.0 Å². The van der Waals surface area contributed by atoms with Crippen LogP contribution in [0.2, 0.25) is 10.0 Å². The molecule has 0 saturated heterocycles. The number of imidazole rings is 1. The van der Waals surface area contributed by atoms with E-state index < -0.39 is 5.54 Å². The number of rotatable bonds is 12. The monoisotopic (exact) mass is 632 g/mol. The lowest BCUT2D eigenvalue weighted by Crippen LogP contribution is -2.54. The minimum absolute atomic E-state index is 0.129. The minimum Gasteiger partial charge on any atom is -0.362 e. The standard InChI is InChI=1S/C33H34Cl2N6OS/c1-33(2,39-30(42)17-28-19-37-23-41(28)20-26-13-11-25(18-36)12-14-26)22-40(21-27-9-6-10-29(34)31(27)35)32(43)38-16-15-24-7-4-3-5-8-24/h3-14,19,23H,15-17,20-22H2,1-2H3,(H,38,43)(H,39,42). The summed E-state index contributed by atoms with van der Waals surface area (Å²) >= 11 is 18.7. The Balaban J connectivity index is 1.41. The molecule has 0 unspecified atom stereocenters. The molecule has 0 radical (unpaired) electrons. The molecular weight excluding hydrogens is 599 g/mol. The van der Waals surface area contributed by atoms with Crippen LogP contribution in [0.3, 0.4) is 0 Å². The van der Waals surface area contributed by atoms with Crippen LogP contribution in [0.5, 0.6) is 0 Å². The molecule has 0 aliphatic carbocycles. The van der Waals surface area contributed by atoms with E-state index in [4.69, 9.17) is 40.7 Å². The Hall–Kier alpha value is -3.90. The SMILES string of the molecule is CC(C)(CN(Cc1cccc(Cl)c1Cl)C(=S)NCCc1ccccc1)NC(=O)Cc1cncn1Cc1ccc(C#N)cc1. The highest BCUT2D eigenvalue weighted by atomic mass is 35.5. The van der Waals surface area contributed by atoms with Gasteiger partial charge in [0.2, 0.25) is 5.91 Å². The van der Waals surface area contributed by atoms with Crippen LogP contribution in [0.25, 0.3) is 0 Å². The molecule has 1 aromatic heterocycles. The lowest BCUT2D eigenvalue weighted by atomic mass is 10.0. The fourth-order valence-electron chi connectivity index (χ4n) is 4.77. The molecule has 0 fully saturated rings. The third kappa shape index (κ3) is 9.55. The maximum Gasteiger partial charge on any atom is 0.226 e. The number of nitriles is 1. The Bertz CT molecular complexity index is 1580. The Morgan fingerprint density at radius 1 is 1.05 bits per heavy atom. The van der Waals surface area contributed by atoms with Gasteiger partial charge < -0.3 is 20.1 Å². The van der Waals surface area contributed by atoms with Crippen LogP contribution in [0, 0.1) is 11.3 Å². The average molecular weight is 634 g/mol. The zero-order valence-corrected chi connectivity index (χ0v) is 26.5. The molecule has 43 heavy (non-hydrogen) atoms. The first kappa shape index (κ1) is 32.0. The number of hydrogen-bond acceptors (Lipinski definition) is 4. The zero-order valence-electron chi connectivity index (χ0n) is 24.2. The third-order valence-electron chi connectivity index (χ3n) is 6.85. The number of halogens is 2. The first-order valence-electron chi connectivity index (χ1n) is 13.9. The molecule has 0 aliphatic rings. The average Bonchev–Trinajstić information content (AvgIpc) is 3.41. The second kappa shape index (κ2) is 15.0. The Labute approximate surface area is 268 Å². The van der Waals surface area contributed by atoms with Crippen LogP contribution in [0.4, 0.5) is 0 Å². The second-order valence-electron chi connectivity index (χ2n) is 11.0. The van der Waals surface area contributed by atoms with E-state index in [2.05, 4.69) is 33.8 Å². The van der Waals surface area contributed by atoms with E-state index >= 15 is 0 Å². The third-order valence-corrected chi connectivity index (χ3v) is 8.11. The Kier molecular flexibility index (Phi) is 11.2.